The van der Waals surface area contributed by atoms with E-state index in [1.807, 2.05) is 47.7 Å². The number of hydrogen-bond donors (Lipinski definition) is 0. The molecule has 342 valence electrons. The number of benzene rings is 8. The average molecular weight is 962 g/mol. The molecule has 0 saturated carbocycles. The summed E-state index contributed by atoms with van der Waals surface area (Å²) in [5.74, 6) is 1.98. The van der Waals surface area contributed by atoms with E-state index in [0.717, 1.165) is 22.1 Å². The lowest BCUT2D eigenvalue weighted by molar-refractivity contribution is 0.742. The van der Waals surface area contributed by atoms with Gasteiger partial charge in [0.05, 0.1) is 5.41 Å². The normalized spacial score (nSPS) is 13.2. The lowest BCUT2D eigenvalue weighted by atomic mass is 9.65. The first-order valence-electron chi connectivity index (χ1n) is 22.9. The molecule has 0 atom stereocenters. The summed E-state index contributed by atoms with van der Waals surface area (Å²) < 4.78 is 2.43. The SMILES string of the molecule is CS(C)(C)c1ccc(C(c2ccc(-c3ccc4sc5cccc(-c6nc(-c7ccccc7)nc(-c7ccccc7)n6)c5c4c3)cc2)(c2ccc(S(C)(C)C)cc2)c2ccc(S(C)(C)C)cc2)cc1. The molecule has 0 aliphatic rings. The minimum Gasteiger partial charge on any atom is -0.223 e. The highest BCUT2D eigenvalue weighted by molar-refractivity contribution is 8.32. The van der Waals surface area contributed by atoms with Crippen molar-refractivity contribution < 1.29 is 0 Å². The zero-order chi connectivity index (χ0) is 47.4. The van der Waals surface area contributed by atoms with Crippen LogP contribution in [0.25, 0.3) is 65.5 Å². The molecular formula is C61H59N3S4. The highest BCUT2D eigenvalue weighted by atomic mass is 32.3. The zero-order valence-corrected chi connectivity index (χ0v) is 43.7. The van der Waals surface area contributed by atoms with E-state index in [-0.39, 0.29) is 0 Å². The van der Waals surface area contributed by atoms with Crippen molar-refractivity contribution in [3.05, 3.63) is 216 Å². The number of nitrogens with zero attached hydrogens (tertiary/aromatic N) is 3. The molecule has 0 N–H and O–H groups in total. The molecular weight excluding hydrogens is 903 g/mol. The van der Waals surface area contributed by atoms with Gasteiger partial charge in [-0.05, 0) is 159 Å². The van der Waals surface area contributed by atoms with Gasteiger partial charge in [0.25, 0.3) is 0 Å². The second-order valence-electron chi connectivity index (χ2n) is 19.9. The van der Waals surface area contributed by atoms with Gasteiger partial charge in [0, 0.05) is 36.9 Å². The van der Waals surface area contributed by atoms with Gasteiger partial charge in [-0.2, -0.15) is 0 Å². The molecule has 10 aromatic rings. The highest BCUT2D eigenvalue weighted by Gasteiger charge is 2.39. The van der Waals surface area contributed by atoms with Crippen molar-refractivity contribution in [3.8, 4) is 45.3 Å². The molecule has 0 unspecified atom stereocenters. The van der Waals surface area contributed by atoms with Crippen LogP contribution in [-0.4, -0.2) is 71.3 Å². The Hall–Kier alpha value is -5.96. The van der Waals surface area contributed by atoms with Gasteiger partial charge in [-0.15, -0.1) is 11.3 Å². The summed E-state index contributed by atoms with van der Waals surface area (Å²) in [6.07, 6.45) is 21.4. The smallest absolute Gasteiger partial charge is 0.164 e. The molecule has 0 bridgehead atoms. The molecule has 0 fully saturated rings. The molecule has 2 aromatic heterocycles. The van der Waals surface area contributed by atoms with E-state index in [1.165, 1.54) is 62.9 Å². The average Bonchev–Trinajstić information content (AvgIpc) is 3.73. The number of thiophene rings is 1. The summed E-state index contributed by atoms with van der Waals surface area (Å²) in [6, 6.07) is 72.0. The van der Waals surface area contributed by atoms with E-state index < -0.39 is 35.5 Å². The van der Waals surface area contributed by atoms with Crippen LogP contribution in [-0.2, 0) is 5.41 Å². The predicted octanol–water partition coefficient (Wildman–Crippen LogP) is 16.4. The Morgan fingerprint density at radius 1 is 0.338 bits per heavy atom. The third kappa shape index (κ3) is 8.71. The van der Waals surface area contributed by atoms with E-state index in [9.17, 15) is 0 Å². The van der Waals surface area contributed by atoms with Crippen molar-refractivity contribution in [3.63, 3.8) is 0 Å². The second kappa shape index (κ2) is 17.8. The van der Waals surface area contributed by atoms with Gasteiger partial charge in [-0.3, -0.25) is 0 Å². The van der Waals surface area contributed by atoms with Crippen LogP contribution in [0.15, 0.2) is 209 Å². The van der Waals surface area contributed by atoms with Crippen LogP contribution in [0.1, 0.15) is 22.3 Å². The molecule has 0 radical (unpaired) electrons. The fraction of sp³-hybridized carbons (Fsp3) is 0.164. The fourth-order valence-corrected chi connectivity index (χ4v) is 13.3. The molecule has 0 aliphatic heterocycles. The molecule has 8 aromatic carbocycles. The standard InChI is InChI=1S/C61H59N3S4/c1-66(2,3)50-34-28-47(29-35-50)61(48-30-36-51(37-31-48)67(4,5)6,49-32-38-52(39-33-49)68(7,8)9)46-26-23-42(24-27-46)45-25-40-55-54(41-45)57-53(21-16-22-56(57)65-55)60-63-58(43-17-12-10-13-18-43)62-59(64-60)44-19-14-11-15-20-44/h10-41H,1-9H3. The Morgan fingerprint density at radius 2 is 0.735 bits per heavy atom. The molecule has 7 heteroatoms. The number of fused-ring (bicyclic) bond motifs is 3. The van der Waals surface area contributed by atoms with Crippen LogP contribution in [0, 0.1) is 0 Å². The zero-order valence-electron chi connectivity index (χ0n) is 40.4. The highest BCUT2D eigenvalue weighted by Crippen LogP contribution is 2.52. The molecule has 0 spiro atoms. The summed E-state index contributed by atoms with van der Waals surface area (Å²) in [6.45, 7) is 0. The fourth-order valence-electron chi connectivity index (χ4n) is 9.37. The minimum atomic E-state index is -0.914. The maximum atomic E-state index is 5.16. The third-order valence-electron chi connectivity index (χ3n) is 13.1. The van der Waals surface area contributed by atoms with E-state index in [4.69, 9.17) is 15.0 Å². The topological polar surface area (TPSA) is 38.7 Å². The minimum absolute atomic E-state index is 0.564. The van der Waals surface area contributed by atoms with Crippen LogP contribution in [0.2, 0.25) is 0 Å². The molecule has 2 heterocycles. The summed E-state index contributed by atoms with van der Waals surface area (Å²) in [7, 11) is -2.74. The van der Waals surface area contributed by atoms with E-state index in [1.54, 1.807) is 0 Å². The third-order valence-corrected chi connectivity index (χ3v) is 19.3. The van der Waals surface area contributed by atoms with Gasteiger partial charge in [-0.25, -0.2) is 45.0 Å². The Bertz CT molecular complexity index is 3200. The molecule has 10 rings (SSSR count). The van der Waals surface area contributed by atoms with Gasteiger partial charge < -0.3 is 0 Å². The van der Waals surface area contributed by atoms with Crippen molar-refractivity contribution in [1.29, 1.82) is 0 Å². The van der Waals surface area contributed by atoms with Crippen LogP contribution in [0.5, 0.6) is 0 Å². The first-order valence-corrected chi connectivity index (χ1v) is 32.3. The van der Waals surface area contributed by atoms with Crippen LogP contribution in [0.3, 0.4) is 0 Å². The Kier molecular flexibility index (Phi) is 12.0. The molecule has 0 saturated heterocycles. The van der Waals surface area contributed by atoms with Gasteiger partial charge in [0.2, 0.25) is 0 Å². The summed E-state index contributed by atoms with van der Waals surface area (Å²) in [5.41, 5.74) is 9.74. The van der Waals surface area contributed by atoms with Crippen molar-refractivity contribution in [2.45, 2.75) is 20.1 Å². The predicted molar refractivity (Wildman–Crippen MR) is 304 cm³/mol. The van der Waals surface area contributed by atoms with Gasteiger partial charge in [-0.1, -0.05) is 140 Å². The summed E-state index contributed by atoms with van der Waals surface area (Å²) in [5, 5.41) is 2.36. The monoisotopic (exact) mass is 961 g/mol. The molecule has 68 heavy (non-hydrogen) atoms. The maximum Gasteiger partial charge on any atom is 0.164 e. The Morgan fingerprint density at radius 3 is 1.16 bits per heavy atom. The van der Waals surface area contributed by atoms with Crippen molar-refractivity contribution in [1.82, 2.24) is 15.0 Å². The lowest BCUT2D eigenvalue weighted by Crippen LogP contribution is -2.31. The summed E-state index contributed by atoms with van der Waals surface area (Å²) >= 11 is 1.81. The quantitative estimate of drug-likeness (QED) is 0.121. The van der Waals surface area contributed by atoms with E-state index >= 15 is 0 Å². The number of rotatable bonds is 11. The first-order chi connectivity index (χ1) is 32.6. The van der Waals surface area contributed by atoms with Crippen LogP contribution < -0.4 is 0 Å². The van der Waals surface area contributed by atoms with Gasteiger partial charge in [0.1, 0.15) is 0 Å². The Balaban J connectivity index is 1.13. The first kappa shape index (κ1) is 45.8. The van der Waals surface area contributed by atoms with Crippen molar-refractivity contribution in [2.24, 2.45) is 0 Å². The van der Waals surface area contributed by atoms with Crippen LogP contribution >= 0.6 is 41.4 Å². The summed E-state index contributed by atoms with van der Waals surface area (Å²) in [4.78, 5) is 19.5. The second-order valence-corrected chi connectivity index (χ2v) is 33.5. The maximum absolute atomic E-state index is 5.16. The van der Waals surface area contributed by atoms with Gasteiger partial charge in [0.15, 0.2) is 17.5 Å². The number of hydrogen-bond acceptors (Lipinski definition) is 4. The van der Waals surface area contributed by atoms with Crippen molar-refractivity contribution in [2.75, 3.05) is 56.3 Å². The van der Waals surface area contributed by atoms with E-state index in [2.05, 4.69) is 214 Å². The lowest BCUT2D eigenvalue weighted by Gasteiger charge is -2.38. The molecule has 0 amide bonds. The molecule has 3 nitrogen and oxygen atoms in total. The largest absolute Gasteiger partial charge is 0.223 e. The Labute approximate surface area is 411 Å². The van der Waals surface area contributed by atoms with Crippen LogP contribution in [0.4, 0.5) is 0 Å². The number of aromatic nitrogens is 3. The van der Waals surface area contributed by atoms with Gasteiger partial charge >= 0.3 is 0 Å². The molecule has 0 aliphatic carbocycles. The van der Waals surface area contributed by atoms with Crippen molar-refractivity contribution >= 4 is 61.6 Å². The van der Waals surface area contributed by atoms with E-state index in [0.29, 0.717) is 17.5 Å².